The number of halogens is 1. The Balaban J connectivity index is 1.85. The third-order valence-electron chi connectivity index (χ3n) is 2.19. The van der Waals surface area contributed by atoms with E-state index in [1.165, 1.54) is 0 Å². The molecule has 88 valence electrons. The molecule has 0 unspecified atom stereocenters. The molecule has 0 radical (unpaired) electrons. The van der Waals surface area contributed by atoms with Gasteiger partial charge in [-0.3, -0.25) is 9.78 Å². The predicted molar refractivity (Wildman–Crippen MR) is 63.3 cm³/mol. The maximum Gasteiger partial charge on any atom is 0.240 e. The van der Waals surface area contributed by atoms with Crippen molar-refractivity contribution in [1.82, 2.24) is 19.9 Å². The second-order valence-corrected chi connectivity index (χ2v) is 3.80. The molecule has 0 spiro atoms. The van der Waals surface area contributed by atoms with Gasteiger partial charge < -0.3 is 9.88 Å². The topological polar surface area (TPSA) is 59.8 Å². The maximum atomic E-state index is 11.6. The molecule has 0 fully saturated rings. The fourth-order valence-electron chi connectivity index (χ4n) is 1.34. The van der Waals surface area contributed by atoms with Gasteiger partial charge in [-0.25, -0.2) is 4.98 Å². The second kappa shape index (κ2) is 5.45. The molecule has 17 heavy (non-hydrogen) atoms. The first kappa shape index (κ1) is 11.6. The van der Waals surface area contributed by atoms with Gasteiger partial charge in [-0.2, -0.15) is 0 Å². The van der Waals surface area contributed by atoms with Gasteiger partial charge in [0.05, 0.1) is 0 Å². The summed E-state index contributed by atoms with van der Waals surface area (Å²) in [7, 11) is 0. The monoisotopic (exact) mass is 250 g/mol. The number of nitrogens with one attached hydrogen (secondary N) is 1. The molecule has 0 aromatic carbocycles. The number of imidazole rings is 1. The van der Waals surface area contributed by atoms with E-state index in [1.54, 1.807) is 29.4 Å². The van der Waals surface area contributed by atoms with Crippen LogP contribution in [0.4, 0.5) is 0 Å². The van der Waals surface area contributed by atoms with Gasteiger partial charge in [0.25, 0.3) is 0 Å². The standard InChI is InChI=1S/C11H11ClN4O/c12-11-14-4-5-16(11)8-10(17)15-7-9-2-1-3-13-6-9/h1-6H,7-8H2,(H,15,17). The minimum atomic E-state index is -0.117. The molecular formula is C11H11ClN4O. The number of rotatable bonds is 4. The van der Waals surface area contributed by atoms with E-state index < -0.39 is 0 Å². The molecular weight excluding hydrogens is 240 g/mol. The molecule has 2 rings (SSSR count). The van der Waals surface area contributed by atoms with Crippen LogP contribution < -0.4 is 5.32 Å². The van der Waals surface area contributed by atoms with E-state index in [2.05, 4.69) is 15.3 Å². The average molecular weight is 251 g/mol. The van der Waals surface area contributed by atoms with E-state index in [4.69, 9.17) is 11.6 Å². The highest BCUT2D eigenvalue weighted by atomic mass is 35.5. The summed E-state index contributed by atoms with van der Waals surface area (Å²) in [6.07, 6.45) is 6.61. The molecule has 0 bridgehead atoms. The lowest BCUT2D eigenvalue weighted by molar-refractivity contribution is -0.121. The highest BCUT2D eigenvalue weighted by Gasteiger charge is 2.05. The van der Waals surface area contributed by atoms with Crippen LogP contribution in [0.5, 0.6) is 0 Å². The summed E-state index contributed by atoms with van der Waals surface area (Å²) in [6, 6.07) is 3.73. The van der Waals surface area contributed by atoms with E-state index >= 15 is 0 Å². The summed E-state index contributed by atoms with van der Waals surface area (Å²) in [4.78, 5) is 19.4. The van der Waals surface area contributed by atoms with Crippen molar-refractivity contribution in [2.24, 2.45) is 0 Å². The summed E-state index contributed by atoms with van der Waals surface area (Å²) in [5.74, 6) is -0.117. The van der Waals surface area contributed by atoms with Crippen molar-refractivity contribution < 1.29 is 4.79 Å². The van der Waals surface area contributed by atoms with Crippen LogP contribution in [0.1, 0.15) is 5.56 Å². The molecule has 0 aliphatic carbocycles. The van der Waals surface area contributed by atoms with Crippen molar-refractivity contribution in [1.29, 1.82) is 0 Å². The zero-order valence-corrected chi connectivity index (χ0v) is 9.76. The molecule has 0 aliphatic heterocycles. The molecule has 1 amide bonds. The Morgan fingerprint density at radius 2 is 2.35 bits per heavy atom. The van der Waals surface area contributed by atoms with E-state index in [0.717, 1.165) is 5.56 Å². The summed E-state index contributed by atoms with van der Waals surface area (Å²) in [6.45, 7) is 0.623. The third-order valence-corrected chi connectivity index (χ3v) is 2.51. The van der Waals surface area contributed by atoms with Crippen molar-refractivity contribution in [3.8, 4) is 0 Å². The average Bonchev–Trinajstić information content (AvgIpc) is 2.74. The predicted octanol–water partition coefficient (Wildman–Crippen LogP) is 1.25. The van der Waals surface area contributed by atoms with E-state index in [1.807, 2.05) is 12.1 Å². The fraction of sp³-hybridized carbons (Fsp3) is 0.182. The molecule has 2 aromatic rings. The Bertz CT molecular complexity index is 497. The largest absolute Gasteiger partial charge is 0.350 e. The number of hydrogen-bond donors (Lipinski definition) is 1. The van der Waals surface area contributed by atoms with Crippen molar-refractivity contribution in [2.45, 2.75) is 13.1 Å². The minimum Gasteiger partial charge on any atom is -0.350 e. The first-order valence-corrected chi connectivity index (χ1v) is 5.46. The molecule has 0 saturated carbocycles. The number of nitrogens with zero attached hydrogens (tertiary/aromatic N) is 3. The van der Waals surface area contributed by atoms with Gasteiger partial charge in [-0.15, -0.1) is 0 Å². The quantitative estimate of drug-likeness (QED) is 0.888. The zero-order chi connectivity index (χ0) is 12.1. The molecule has 1 N–H and O–H groups in total. The van der Waals surface area contributed by atoms with Crippen LogP contribution in [0, 0.1) is 0 Å². The van der Waals surface area contributed by atoms with Crippen LogP contribution in [-0.4, -0.2) is 20.4 Å². The molecule has 2 heterocycles. The number of pyridine rings is 1. The van der Waals surface area contributed by atoms with Crippen LogP contribution in [0.15, 0.2) is 36.9 Å². The lowest BCUT2D eigenvalue weighted by Gasteiger charge is -2.06. The van der Waals surface area contributed by atoms with Gasteiger partial charge in [0.2, 0.25) is 11.2 Å². The highest BCUT2D eigenvalue weighted by Crippen LogP contribution is 2.03. The fourth-order valence-corrected chi connectivity index (χ4v) is 1.52. The smallest absolute Gasteiger partial charge is 0.240 e. The normalized spacial score (nSPS) is 10.2. The van der Waals surface area contributed by atoms with Crippen molar-refractivity contribution >= 4 is 17.5 Å². The number of hydrogen-bond acceptors (Lipinski definition) is 3. The van der Waals surface area contributed by atoms with E-state index in [9.17, 15) is 4.79 Å². The molecule has 0 atom stereocenters. The van der Waals surface area contributed by atoms with Gasteiger partial charge in [0.15, 0.2) is 0 Å². The Kier molecular flexibility index (Phi) is 3.72. The number of carbonyl (C=O) groups excluding carboxylic acids is 1. The first-order valence-electron chi connectivity index (χ1n) is 5.08. The second-order valence-electron chi connectivity index (χ2n) is 3.46. The summed E-state index contributed by atoms with van der Waals surface area (Å²) in [5.41, 5.74) is 0.956. The Labute approximate surface area is 103 Å². The van der Waals surface area contributed by atoms with Gasteiger partial charge >= 0.3 is 0 Å². The van der Waals surface area contributed by atoms with Crippen LogP contribution in [0.2, 0.25) is 5.28 Å². The number of carbonyl (C=O) groups is 1. The van der Waals surface area contributed by atoms with Gasteiger partial charge in [0, 0.05) is 31.3 Å². The molecule has 5 nitrogen and oxygen atoms in total. The van der Waals surface area contributed by atoms with Gasteiger partial charge in [-0.1, -0.05) is 6.07 Å². The molecule has 0 saturated heterocycles. The van der Waals surface area contributed by atoms with Gasteiger partial charge in [-0.05, 0) is 23.2 Å². The Morgan fingerprint density at radius 1 is 1.47 bits per heavy atom. The lowest BCUT2D eigenvalue weighted by Crippen LogP contribution is -2.26. The van der Waals surface area contributed by atoms with Crippen molar-refractivity contribution in [3.63, 3.8) is 0 Å². The summed E-state index contributed by atoms with van der Waals surface area (Å²) in [5, 5.41) is 3.09. The maximum absolute atomic E-state index is 11.6. The molecule has 0 aliphatic rings. The molecule has 2 aromatic heterocycles. The lowest BCUT2D eigenvalue weighted by atomic mass is 10.3. The minimum absolute atomic E-state index is 0.117. The van der Waals surface area contributed by atoms with Crippen molar-refractivity contribution in [3.05, 3.63) is 47.8 Å². The molecule has 6 heteroatoms. The van der Waals surface area contributed by atoms with Crippen molar-refractivity contribution in [2.75, 3.05) is 0 Å². The summed E-state index contributed by atoms with van der Waals surface area (Å²) < 4.78 is 1.57. The Morgan fingerprint density at radius 3 is 3.00 bits per heavy atom. The summed E-state index contributed by atoms with van der Waals surface area (Å²) >= 11 is 5.76. The van der Waals surface area contributed by atoms with Gasteiger partial charge in [0.1, 0.15) is 6.54 Å². The van der Waals surface area contributed by atoms with Crippen LogP contribution in [0.25, 0.3) is 0 Å². The van der Waals surface area contributed by atoms with Crippen LogP contribution in [0.3, 0.4) is 0 Å². The number of aromatic nitrogens is 3. The van der Waals surface area contributed by atoms with Crippen LogP contribution in [-0.2, 0) is 17.9 Å². The van der Waals surface area contributed by atoms with Crippen LogP contribution >= 0.6 is 11.6 Å². The Hall–Kier alpha value is -1.88. The van der Waals surface area contributed by atoms with E-state index in [0.29, 0.717) is 11.8 Å². The van der Waals surface area contributed by atoms with E-state index in [-0.39, 0.29) is 12.5 Å². The first-order chi connectivity index (χ1) is 8.25. The zero-order valence-electron chi connectivity index (χ0n) is 9.01. The SMILES string of the molecule is O=C(Cn1ccnc1Cl)NCc1cccnc1. The number of amides is 1. The highest BCUT2D eigenvalue weighted by molar-refractivity contribution is 6.28. The third kappa shape index (κ3) is 3.29.